The molecular formula is C32H52O8. The number of carboxylic acids is 4. The van der Waals surface area contributed by atoms with Crippen LogP contribution in [-0.2, 0) is 19.2 Å². The van der Waals surface area contributed by atoms with Gasteiger partial charge in [-0.3, -0.25) is 19.2 Å². The van der Waals surface area contributed by atoms with E-state index >= 15 is 0 Å². The number of carboxylic acid groups (broad SMARTS) is 4. The highest BCUT2D eigenvalue weighted by atomic mass is 16.4. The summed E-state index contributed by atoms with van der Waals surface area (Å²) in [5.74, 6) is -5.05. The van der Waals surface area contributed by atoms with Crippen LogP contribution < -0.4 is 0 Å². The van der Waals surface area contributed by atoms with Gasteiger partial charge < -0.3 is 20.4 Å². The van der Waals surface area contributed by atoms with Crippen LogP contribution in [0.2, 0.25) is 0 Å². The van der Waals surface area contributed by atoms with Crippen molar-refractivity contribution in [3.63, 3.8) is 0 Å². The van der Waals surface area contributed by atoms with Gasteiger partial charge in [0.25, 0.3) is 0 Å². The molecule has 2 aliphatic rings. The highest BCUT2D eigenvalue weighted by Crippen LogP contribution is 2.56. The molecule has 0 radical (unpaired) electrons. The Bertz CT molecular complexity index is 893. The Hall–Kier alpha value is -2.64. The molecule has 228 valence electrons. The lowest BCUT2D eigenvalue weighted by Crippen LogP contribution is -2.54. The Morgan fingerprint density at radius 3 is 1.77 bits per heavy atom. The van der Waals surface area contributed by atoms with Crippen LogP contribution in [0.3, 0.4) is 0 Å². The maximum Gasteiger partial charge on any atom is 0.314 e. The molecule has 40 heavy (non-hydrogen) atoms. The largest absolute Gasteiger partial charge is 0.481 e. The normalized spacial score (nSPS) is 27.2. The van der Waals surface area contributed by atoms with Gasteiger partial charge >= 0.3 is 23.9 Å². The third-order valence-corrected chi connectivity index (χ3v) is 9.14. The van der Waals surface area contributed by atoms with Gasteiger partial charge in [-0.15, -0.1) is 0 Å². The number of hydrogen-bond acceptors (Lipinski definition) is 4. The lowest BCUT2D eigenvalue weighted by atomic mass is 9.52. The predicted molar refractivity (Wildman–Crippen MR) is 155 cm³/mol. The molecule has 0 saturated heterocycles. The molecule has 0 aromatic carbocycles. The molecule has 6 unspecified atom stereocenters. The molecule has 2 aliphatic carbocycles. The van der Waals surface area contributed by atoms with Crippen molar-refractivity contribution < 1.29 is 39.6 Å². The molecule has 0 spiro atoms. The fourth-order valence-corrected chi connectivity index (χ4v) is 6.49. The summed E-state index contributed by atoms with van der Waals surface area (Å²) in [5.41, 5.74) is -2.51. The van der Waals surface area contributed by atoms with Gasteiger partial charge in [0.1, 0.15) is 5.41 Å². The van der Waals surface area contributed by atoms with E-state index in [0.717, 1.165) is 51.4 Å². The van der Waals surface area contributed by atoms with Crippen LogP contribution >= 0.6 is 0 Å². The van der Waals surface area contributed by atoms with Crippen LogP contribution in [0.15, 0.2) is 24.3 Å². The summed E-state index contributed by atoms with van der Waals surface area (Å²) in [6.07, 6.45) is 17.9. The summed E-state index contributed by atoms with van der Waals surface area (Å²) in [6.45, 7) is 8.49. The zero-order valence-electron chi connectivity index (χ0n) is 24.9. The van der Waals surface area contributed by atoms with E-state index in [2.05, 4.69) is 27.7 Å². The predicted octanol–water partition coefficient (Wildman–Crippen LogP) is 7.43. The minimum Gasteiger partial charge on any atom is -0.481 e. The Kier molecular flexibility index (Phi) is 15.2. The van der Waals surface area contributed by atoms with Crippen LogP contribution in [0.1, 0.15) is 118 Å². The molecule has 4 N–H and O–H groups in total. The SMILES string of the molecule is CCCCC(CC)CC1(C(=O)O)C=CCCC1(CC(CC)CCCC)C(=O)O.O=C(O)C1C=CCCC1C(=O)O. The molecule has 0 heterocycles. The first kappa shape index (κ1) is 35.4. The molecule has 8 nitrogen and oxygen atoms in total. The molecule has 0 aliphatic heterocycles. The van der Waals surface area contributed by atoms with Crippen molar-refractivity contribution >= 4 is 23.9 Å². The van der Waals surface area contributed by atoms with Crippen molar-refractivity contribution in [2.75, 3.05) is 0 Å². The molecule has 0 amide bonds. The average molecular weight is 565 g/mol. The number of aliphatic carboxylic acids is 4. The Balaban J connectivity index is 0.000000552. The molecular weight excluding hydrogens is 512 g/mol. The van der Waals surface area contributed by atoms with Gasteiger partial charge in [0, 0.05) is 0 Å². The fraction of sp³-hybridized carbons (Fsp3) is 0.750. The third-order valence-electron chi connectivity index (χ3n) is 9.14. The van der Waals surface area contributed by atoms with E-state index in [1.54, 1.807) is 12.2 Å². The highest BCUT2D eigenvalue weighted by molar-refractivity contribution is 5.89. The number of rotatable bonds is 16. The van der Waals surface area contributed by atoms with Gasteiger partial charge in [0.2, 0.25) is 0 Å². The second-order valence-corrected chi connectivity index (χ2v) is 11.7. The van der Waals surface area contributed by atoms with Crippen molar-refractivity contribution in [3.05, 3.63) is 24.3 Å². The molecule has 0 saturated carbocycles. The number of carbonyl (C=O) groups is 4. The van der Waals surface area contributed by atoms with Gasteiger partial charge in [-0.2, -0.15) is 0 Å². The number of allylic oxidation sites excluding steroid dienone is 2. The molecule has 0 fully saturated rings. The van der Waals surface area contributed by atoms with Gasteiger partial charge in [0.15, 0.2) is 0 Å². The molecule has 0 aromatic heterocycles. The summed E-state index contributed by atoms with van der Waals surface area (Å²) in [4.78, 5) is 46.5. The Morgan fingerprint density at radius 1 is 0.775 bits per heavy atom. The van der Waals surface area contributed by atoms with E-state index < -0.39 is 46.5 Å². The van der Waals surface area contributed by atoms with E-state index in [1.165, 1.54) is 6.08 Å². The first-order valence-corrected chi connectivity index (χ1v) is 15.2. The van der Waals surface area contributed by atoms with Crippen molar-refractivity contribution in [3.8, 4) is 0 Å². The van der Waals surface area contributed by atoms with Crippen LogP contribution in [0.4, 0.5) is 0 Å². The lowest BCUT2D eigenvalue weighted by Gasteiger charge is -2.48. The van der Waals surface area contributed by atoms with Crippen LogP contribution in [0.5, 0.6) is 0 Å². The second-order valence-electron chi connectivity index (χ2n) is 11.7. The van der Waals surface area contributed by atoms with Crippen molar-refractivity contribution in [2.24, 2.45) is 34.5 Å². The molecule has 0 aromatic rings. The summed E-state index contributed by atoms with van der Waals surface area (Å²) in [7, 11) is 0. The zero-order valence-corrected chi connectivity index (χ0v) is 24.9. The van der Waals surface area contributed by atoms with E-state index in [1.807, 2.05) is 6.08 Å². The molecule has 6 atom stereocenters. The standard InChI is InChI=1S/C24H42O4.C8H10O4/c1-5-9-13-19(7-3)17-23(21(25)26)15-11-12-16-24(23,22(27)28)18-20(8-4)14-10-6-2;9-7(10)5-3-1-2-4-6(5)8(11)12/h11,15,19-20H,5-10,12-14,16-18H2,1-4H3,(H,25,26)(H,27,28);1,3,5-6H,2,4H2,(H,9,10)(H,11,12). The highest BCUT2D eigenvalue weighted by Gasteiger charge is 2.61. The molecule has 0 bridgehead atoms. The summed E-state index contributed by atoms with van der Waals surface area (Å²) < 4.78 is 0. The Labute approximate surface area is 239 Å². The smallest absolute Gasteiger partial charge is 0.314 e. The van der Waals surface area contributed by atoms with Gasteiger partial charge in [0.05, 0.1) is 17.3 Å². The maximum atomic E-state index is 12.7. The first-order valence-electron chi connectivity index (χ1n) is 15.2. The maximum absolute atomic E-state index is 12.7. The van der Waals surface area contributed by atoms with Crippen molar-refractivity contribution in [2.45, 2.75) is 118 Å². The third kappa shape index (κ3) is 8.93. The topological polar surface area (TPSA) is 149 Å². The summed E-state index contributed by atoms with van der Waals surface area (Å²) in [6, 6.07) is 0. The average Bonchev–Trinajstić information content (AvgIpc) is 2.93. The van der Waals surface area contributed by atoms with Crippen molar-refractivity contribution in [1.29, 1.82) is 0 Å². The fourth-order valence-electron chi connectivity index (χ4n) is 6.49. The van der Waals surface area contributed by atoms with E-state index in [0.29, 0.717) is 38.5 Å². The van der Waals surface area contributed by atoms with E-state index in [-0.39, 0.29) is 11.8 Å². The quantitative estimate of drug-likeness (QED) is 0.141. The monoisotopic (exact) mass is 564 g/mol. The summed E-state index contributed by atoms with van der Waals surface area (Å²) >= 11 is 0. The minimum absolute atomic E-state index is 0.244. The lowest BCUT2D eigenvalue weighted by molar-refractivity contribution is -0.175. The van der Waals surface area contributed by atoms with Crippen molar-refractivity contribution in [1.82, 2.24) is 0 Å². The number of hydrogen-bond donors (Lipinski definition) is 4. The van der Waals surface area contributed by atoms with E-state index in [9.17, 15) is 29.4 Å². The minimum atomic E-state index is -1.30. The van der Waals surface area contributed by atoms with Gasteiger partial charge in [-0.1, -0.05) is 103 Å². The van der Waals surface area contributed by atoms with E-state index in [4.69, 9.17) is 10.2 Å². The van der Waals surface area contributed by atoms with Crippen LogP contribution in [0, 0.1) is 34.5 Å². The van der Waals surface area contributed by atoms with Gasteiger partial charge in [-0.05, 0) is 50.4 Å². The number of unbranched alkanes of at least 4 members (excludes halogenated alkanes) is 2. The first-order chi connectivity index (χ1) is 19.0. The zero-order chi connectivity index (χ0) is 30.3. The van der Waals surface area contributed by atoms with Gasteiger partial charge in [-0.25, -0.2) is 0 Å². The Morgan fingerprint density at radius 2 is 1.35 bits per heavy atom. The summed E-state index contributed by atoms with van der Waals surface area (Å²) in [5, 5.41) is 38.1. The molecule has 8 heteroatoms. The van der Waals surface area contributed by atoms with Crippen LogP contribution in [0.25, 0.3) is 0 Å². The molecule has 2 rings (SSSR count). The van der Waals surface area contributed by atoms with Crippen LogP contribution in [-0.4, -0.2) is 44.3 Å². The second kappa shape index (κ2) is 17.2.